The Kier molecular flexibility index (Phi) is 6.23. The van der Waals surface area contributed by atoms with Crippen LogP contribution in [0.15, 0.2) is 36.4 Å². The maximum Gasteiger partial charge on any atom is 0.341 e. The number of nitrogens with one attached hydrogen (secondary N) is 1. The molecule has 2 rings (SSSR count). The maximum absolute atomic E-state index is 12.2. The number of rotatable bonds is 5. The van der Waals surface area contributed by atoms with E-state index in [2.05, 4.69) is 5.32 Å². The Bertz CT molecular complexity index is 866. The third kappa shape index (κ3) is 4.74. The van der Waals surface area contributed by atoms with Crippen molar-refractivity contribution in [3.63, 3.8) is 0 Å². The Hall–Kier alpha value is -2.57. The Morgan fingerprint density at radius 1 is 1.12 bits per heavy atom. The van der Waals surface area contributed by atoms with Crippen LogP contribution < -0.4 is 11.1 Å². The standard InChI is InChI=1S/C18H16Cl2N2O4/c1-9(23)11-3-5-13(6-4-11)22-17(24)10(2)26-18(25)14-7-12(19)8-15(20)16(14)21/h3-8,10H,21H2,1-2H3,(H,22,24)/t10-/m0/s1. The summed E-state index contributed by atoms with van der Waals surface area (Å²) in [6.45, 7) is 2.86. The van der Waals surface area contributed by atoms with E-state index in [1.807, 2.05) is 0 Å². The molecule has 0 saturated heterocycles. The summed E-state index contributed by atoms with van der Waals surface area (Å²) in [5, 5.41) is 2.93. The quantitative estimate of drug-likeness (QED) is 0.454. The van der Waals surface area contributed by atoms with Crippen molar-refractivity contribution in [3.8, 4) is 0 Å². The third-order valence-electron chi connectivity index (χ3n) is 3.53. The van der Waals surface area contributed by atoms with Gasteiger partial charge in [-0.3, -0.25) is 9.59 Å². The van der Waals surface area contributed by atoms with E-state index in [1.54, 1.807) is 24.3 Å². The van der Waals surface area contributed by atoms with E-state index in [9.17, 15) is 14.4 Å². The highest BCUT2D eigenvalue weighted by Gasteiger charge is 2.22. The summed E-state index contributed by atoms with van der Waals surface area (Å²) in [6.07, 6.45) is -1.09. The average Bonchev–Trinajstić information content (AvgIpc) is 2.58. The number of halogens is 2. The van der Waals surface area contributed by atoms with Crippen molar-refractivity contribution in [2.24, 2.45) is 0 Å². The average molecular weight is 395 g/mol. The second-order valence-electron chi connectivity index (χ2n) is 5.52. The maximum atomic E-state index is 12.2. The van der Waals surface area contributed by atoms with Crippen LogP contribution in [0.5, 0.6) is 0 Å². The number of Topliss-reactive ketones (excluding diaryl/α,β-unsaturated/α-hetero) is 1. The molecule has 26 heavy (non-hydrogen) atoms. The Morgan fingerprint density at radius 2 is 1.73 bits per heavy atom. The van der Waals surface area contributed by atoms with E-state index in [4.69, 9.17) is 33.7 Å². The topological polar surface area (TPSA) is 98.5 Å². The summed E-state index contributed by atoms with van der Waals surface area (Å²) in [5.41, 5.74) is 6.74. The first-order valence-corrected chi connectivity index (χ1v) is 8.32. The van der Waals surface area contributed by atoms with E-state index in [1.165, 1.54) is 26.0 Å². The second-order valence-corrected chi connectivity index (χ2v) is 6.36. The molecule has 8 heteroatoms. The highest BCUT2D eigenvalue weighted by Crippen LogP contribution is 2.28. The molecule has 0 unspecified atom stereocenters. The lowest BCUT2D eigenvalue weighted by Gasteiger charge is -2.15. The summed E-state index contributed by atoms with van der Waals surface area (Å²) in [7, 11) is 0. The largest absolute Gasteiger partial charge is 0.449 e. The van der Waals surface area contributed by atoms with Crippen molar-refractivity contribution < 1.29 is 19.1 Å². The molecule has 2 aromatic carbocycles. The van der Waals surface area contributed by atoms with Crippen LogP contribution in [0, 0.1) is 0 Å². The van der Waals surface area contributed by atoms with Gasteiger partial charge in [-0.2, -0.15) is 0 Å². The lowest BCUT2D eigenvalue weighted by atomic mass is 10.1. The fourth-order valence-electron chi connectivity index (χ4n) is 2.06. The van der Waals surface area contributed by atoms with E-state index < -0.39 is 18.0 Å². The van der Waals surface area contributed by atoms with Crippen LogP contribution in [0.4, 0.5) is 11.4 Å². The molecule has 0 saturated carbocycles. The lowest BCUT2D eigenvalue weighted by Crippen LogP contribution is -2.30. The molecule has 2 aromatic rings. The number of carbonyl (C=O) groups excluding carboxylic acids is 3. The summed E-state index contributed by atoms with van der Waals surface area (Å²) in [4.78, 5) is 35.6. The van der Waals surface area contributed by atoms with Crippen molar-refractivity contribution in [2.75, 3.05) is 11.1 Å². The summed E-state index contributed by atoms with van der Waals surface area (Å²) >= 11 is 11.7. The van der Waals surface area contributed by atoms with Crippen LogP contribution in [0.3, 0.4) is 0 Å². The minimum Gasteiger partial charge on any atom is -0.449 e. The number of nitrogen functional groups attached to an aromatic ring is 1. The first-order valence-electron chi connectivity index (χ1n) is 7.56. The van der Waals surface area contributed by atoms with Gasteiger partial charge in [-0.15, -0.1) is 0 Å². The zero-order valence-corrected chi connectivity index (χ0v) is 15.5. The predicted octanol–water partition coefficient (Wildman–Crippen LogP) is 3.96. The molecule has 0 aromatic heterocycles. The molecule has 6 nitrogen and oxygen atoms in total. The minimum atomic E-state index is -1.09. The Labute approximate surface area is 160 Å². The van der Waals surface area contributed by atoms with Gasteiger partial charge >= 0.3 is 5.97 Å². The molecular formula is C18H16Cl2N2O4. The van der Waals surface area contributed by atoms with E-state index in [-0.39, 0.29) is 27.1 Å². The molecular weight excluding hydrogens is 379 g/mol. The number of benzene rings is 2. The molecule has 0 spiro atoms. The fraction of sp³-hybridized carbons (Fsp3) is 0.167. The molecule has 0 aliphatic heterocycles. The Morgan fingerprint density at radius 3 is 2.31 bits per heavy atom. The number of anilines is 2. The van der Waals surface area contributed by atoms with Crippen LogP contribution in [0.1, 0.15) is 34.6 Å². The fourth-order valence-corrected chi connectivity index (χ4v) is 2.56. The lowest BCUT2D eigenvalue weighted by molar-refractivity contribution is -0.123. The van der Waals surface area contributed by atoms with Crippen molar-refractivity contribution in [1.82, 2.24) is 0 Å². The molecule has 3 N–H and O–H groups in total. The van der Waals surface area contributed by atoms with Crippen LogP contribution >= 0.6 is 23.2 Å². The molecule has 0 bridgehead atoms. The van der Waals surface area contributed by atoms with Crippen molar-refractivity contribution in [2.45, 2.75) is 20.0 Å². The number of ether oxygens (including phenoxy) is 1. The molecule has 136 valence electrons. The number of carbonyl (C=O) groups is 3. The van der Waals surface area contributed by atoms with Crippen LogP contribution in [-0.2, 0) is 9.53 Å². The molecule has 0 radical (unpaired) electrons. The van der Waals surface area contributed by atoms with Gasteiger partial charge in [0.15, 0.2) is 11.9 Å². The highest BCUT2D eigenvalue weighted by molar-refractivity contribution is 6.37. The van der Waals surface area contributed by atoms with Gasteiger partial charge in [0.05, 0.1) is 16.3 Å². The van der Waals surface area contributed by atoms with Crippen molar-refractivity contribution >= 4 is 52.2 Å². The van der Waals surface area contributed by atoms with Crippen molar-refractivity contribution in [3.05, 3.63) is 57.6 Å². The van der Waals surface area contributed by atoms with Gasteiger partial charge < -0.3 is 15.8 Å². The first kappa shape index (κ1) is 19.8. The SMILES string of the molecule is CC(=O)c1ccc(NC(=O)[C@H](C)OC(=O)c2cc(Cl)cc(Cl)c2N)cc1. The number of hydrogen-bond donors (Lipinski definition) is 2. The van der Waals surface area contributed by atoms with Crippen LogP contribution in [-0.4, -0.2) is 23.8 Å². The first-order chi connectivity index (χ1) is 12.2. The minimum absolute atomic E-state index is 0.0204. The van der Waals surface area contributed by atoms with Gasteiger partial charge in [-0.25, -0.2) is 4.79 Å². The number of hydrogen-bond acceptors (Lipinski definition) is 5. The third-order valence-corrected chi connectivity index (χ3v) is 4.06. The Balaban J connectivity index is 2.04. The van der Waals surface area contributed by atoms with E-state index in [0.717, 1.165) is 0 Å². The van der Waals surface area contributed by atoms with Gasteiger partial charge in [-0.05, 0) is 50.2 Å². The molecule has 0 aliphatic rings. The zero-order chi connectivity index (χ0) is 19.4. The number of amides is 1. The van der Waals surface area contributed by atoms with Gasteiger partial charge in [0, 0.05) is 16.3 Å². The highest BCUT2D eigenvalue weighted by atomic mass is 35.5. The summed E-state index contributed by atoms with van der Waals surface area (Å²) < 4.78 is 5.12. The van der Waals surface area contributed by atoms with Gasteiger partial charge in [0.2, 0.25) is 0 Å². The molecule has 0 aliphatic carbocycles. The van der Waals surface area contributed by atoms with Crippen LogP contribution in [0.25, 0.3) is 0 Å². The zero-order valence-electron chi connectivity index (χ0n) is 14.0. The van der Waals surface area contributed by atoms with Crippen LogP contribution in [0.2, 0.25) is 10.0 Å². The summed E-state index contributed by atoms with van der Waals surface area (Å²) in [6, 6.07) is 9.05. The number of nitrogens with two attached hydrogens (primary N) is 1. The smallest absolute Gasteiger partial charge is 0.341 e. The number of ketones is 1. The van der Waals surface area contributed by atoms with Gasteiger partial charge in [0.1, 0.15) is 0 Å². The normalized spacial score (nSPS) is 11.5. The summed E-state index contributed by atoms with van der Waals surface area (Å²) in [5.74, 6) is -1.44. The molecule has 0 heterocycles. The molecule has 1 atom stereocenters. The monoisotopic (exact) mass is 394 g/mol. The van der Waals surface area contributed by atoms with E-state index >= 15 is 0 Å². The second kappa shape index (κ2) is 8.21. The molecule has 0 fully saturated rings. The van der Waals surface area contributed by atoms with Gasteiger partial charge in [0.25, 0.3) is 5.91 Å². The molecule has 1 amide bonds. The van der Waals surface area contributed by atoms with Crippen molar-refractivity contribution in [1.29, 1.82) is 0 Å². The van der Waals surface area contributed by atoms with E-state index in [0.29, 0.717) is 11.3 Å². The van der Waals surface area contributed by atoms with Gasteiger partial charge in [-0.1, -0.05) is 23.2 Å². The predicted molar refractivity (Wildman–Crippen MR) is 101 cm³/mol. The number of esters is 1.